The molecule has 1 aromatic rings. The van der Waals surface area contributed by atoms with Gasteiger partial charge in [0.2, 0.25) is 0 Å². The maximum absolute atomic E-state index is 9.53. The van der Waals surface area contributed by atoms with Crippen LogP contribution < -0.4 is 10.1 Å². The standard InChI is InChI=1S/C12H17NO4/c1-16-6-9(15)5-13-11-7-17-12-4-8(14)2-3-10(11)12/h2-4,9,11,13-15H,5-7H2,1H3. The van der Waals surface area contributed by atoms with Crippen molar-refractivity contribution in [2.75, 3.05) is 26.9 Å². The number of methoxy groups -OCH3 is 1. The van der Waals surface area contributed by atoms with Crippen LogP contribution in [-0.2, 0) is 4.74 Å². The second-order valence-corrected chi connectivity index (χ2v) is 4.10. The van der Waals surface area contributed by atoms with E-state index in [1.165, 1.54) is 0 Å². The highest BCUT2D eigenvalue weighted by Crippen LogP contribution is 2.34. The van der Waals surface area contributed by atoms with E-state index in [0.29, 0.717) is 25.5 Å². The molecule has 2 rings (SSSR count). The summed E-state index contributed by atoms with van der Waals surface area (Å²) in [5.74, 6) is 0.896. The molecule has 0 radical (unpaired) electrons. The first kappa shape index (κ1) is 12.2. The van der Waals surface area contributed by atoms with Crippen LogP contribution in [0, 0.1) is 0 Å². The molecule has 2 atom stereocenters. The van der Waals surface area contributed by atoms with E-state index in [0.717, 1.165) is 5.56 Å². The van der Waals surface area contributed by atoms with Crippen molar-refractivity contribution in [2.24, 2.45) is 0 Å². The van der Waals surface area contributed by atoms with Crippen molar-refractivity contribution in [1.82, 2.24) is 5.32 Å². The van der Waals surface area contributed by atoms with Crippen molar-refractivity contribution in [3.05, 3.63) is 23.8 Å². The Morgan fingerprint density at radius 2 is 2.41 bits per heavy atom. The molecule has 17 heavy (non-hydrogen) atoms. The number of fused-ring (bicyclic) bond motifs is 1. The molecule has 0 amide bonds. The molecule has 0 bridgehead atoms. The van der Waals surface area contributed by atoms with Crippen molar-refractivity contribution in [3.63, 3.8) is 0 Å². The molecule has 3 N–H and O–H groups in total. The lowest BCUT2D eigenvalue weighted by Gasteiger charge is -2.15. The van der Waals surface area contributed by atoms with Crippen molar-refractivity contribution < 1.29 is 19.7 Å². The lowest BCUT2D eigenvalue weighted by Crippen LogP contribution is -2.33. The number of nitrogens with one attached hydrogen (secondary N) is 1. The number of aliphatic hydroxyl groups is 1. The van der Waals surface area contributed by atoms with Gasteiger partial charge in [-0.25, -0.2) is 0 Å². The Morgan fingerprint density at radius 1 is 1.59 bits per heavy atom. The van der Waals surface area contributed by atoms with Crippen LogP contribution in [0.5, 0.6) is 11.5 Å². The van der Waals surface area contributed by atoms with Gasteiger partial charge in [-0.15, -0.1) is 0 Å². The minimum Gasteiger partial charge on any atom is -0.508 e. The second-order valence-electron chi connectivity index (χ2n) is 4.10. The zero-order valence-corrected chi connectivity index (χ0v) is 9.72. The maximum atomic E-state index is 9.53. The number of rotatable bonds is 5. The van der Waals surface area contributed by atoms with Crippen LogP contribution in [-0.4, -0.2) is 43.2 Å². The maximum Gasteiger partial charge on any atom is 0.127 e. The van der Waals surface area contributed by atoms with Gasteiger partial charge in [0, 0.05) is 25.3 Å². The molecule has 5 nitrogen and oxygen atoms in total. The largest absolute Gasteiger partial charge is 0.508 e. The number of hydrogen-bond acceptors (Lipinski definition) is 5. The summed E-state index contributed by atoms with van der Waals surface area (Å²) < 4.78 is 10.3. The van der Waals surface area contributed by atoms with Crippen molar-refractivity contribution in [3.8, 4) is 11.5 Å². The molecule has 0 aliphatic carbocycles. The summed E-state index contributed by atoms with van der Waals surface area (Å²) in [7, 11) is 1.56. The third-order valence-electron chi connectivity index (χ3n) is 2.74. The zero-order valence-electron chi connectivity index (χ0n) is 9.72. The van der Waals surface area contributed by atoms with E-state index >= 15 is 0 Å². The predicted molar refractivity (Wildman–Crippen MR) is 62.2 cm³/mol. The summed E-state index contributed by atoms with van der Waals surface area (Å²) in [6, 6.07) is 5.12. The van der Waals surface area contributed by atoms with E-state index in [1.807, 2.05) is 6.07 Å². The van der Waals surface area contributed by atoms with Gasteiger partial charge in [0.05, 0.1) is 18.8 Å². The summed E-state index contributed by atoms with van der Waals surface area (Å²) in [5, 5.41) is 22.1. The first-order chi connectivity index (χ1) is 8.20. The topological polar surface area (TPSA) is 71.0 Å². The number of benzene rings is 1. The Balaban J connectivity index is 1.93. The smallest absolute Gasteiger partial charge is 0.127 e. The average molecular weight is 239 g/mol. The van der Waals surface area contributed by atoms with E-state index in [1.54, 1.807) is 19.2 Å². The van der Waals surface area contributed by atoms with E-state index < -0.39 is 6.10 Å². The highest BCUT2D eigenvalue weighted by atomic mass is 16.5. The van der Waals surface area contributed by atoms with Crippen molar-refractivity contribution >= 4 is 0 Å². The van der Waals surface area contributed by atoms with Gasteiger partial charge < -0.3 is 25.0 Å². The Morgan fingerprint density at radius 3 is 3.18 bits per heavy atom. The number of aliphatic hydroxyl groups excluding tert-OH is 1. The summed E-state index contributed by atoms with van der Waals surface area (Å²) in [6.45, 7) is 1.27. The molecule has 1 aromatic carbocycles. The fourth-order valence-electron chi connectivity index (χ4n) is 1.90. The number of ether oxygens (including phenoxy) is 2. The van der Waals surface area contributed by atoms with Crippen LogP contribution >= 0.6 is 0 Å². The van der Waals surface area contributed by atoms with Crippen molar-refractivity contribution in [1.29, 1.82) is 0 Å². The van der Waals surface area contributed by atoms with Crippen LogP contribution in [0.15, 0.2) is 18.2 Å². The van der Waals surface area contributed by atoms with E-state index in [2.05, 4.69) is 5.32 Å². The normalized spacial score (nSPS) is 19.8. The Kier molecular flexibility index (Phi) is 3.83. The minimum absolute atomic E-state index is 0.0529. The van der Waals surface area contributed by atoms with Crippen LogP contribution in [0.3, 0.4) is 0 Å². The molecule has 0 fully saturated rings. The third-order valence-corrected chi connectivity index (χ3v) is 2.74. The van der Waals surface area contributed by atoms with Crippen LogP contribution in [0.4, 0.5) is 0 Å². The van der Waals surface area contributed by atoms with E-state index in [4.69, 9.17) is 9.47 Å². The molecule has 5 heteroatoms. The number of aromatic hydroxyl groups is 1. The second kappa shape index (κ2) is 5.35. The van der Waals surface area contributed by atoms with Crippen LogP contribution in [0.2, 0.25) is 0 Å². The molecule has 0 aromatic heterocycles. The fraction of sp³-hybridized carbons (Fsp3) is 0.500. The fourth-order valence-corrected chi connectivity index (χ4v) is 1.90. The molecule has 0 saturated carbocycles. The van der Waals surface area contributed by atoms with Crippen LogP contribution in [0.1, 0.15) is 11.6 Å². The van der Waals surface area contributed by atoms with Gasteiger partial charge in [0.1, 0.15) is 18.1 Å². The summed E-state index contributed by atoms with van der Waals surface area (Å²) in [5.41, 5.74) is 1.01. The SMILES string of the molecule is COCC(O)CNC1COc2cc(O)ccc21. The quantitative estimate of drug-likeness (QED) is 0.694. The highest BCUT2D eigenvalue weighted by molar-refractivity contribution is 5.44. The summed E-state index contributed by atoms with van der Waals surface area (Å²) in [6.07, 6.45) is -0.527. The lowest BCUT2D eigenvalue weighted by molar-refractivity contribution is 0.0621. The lowest BCUT2D eigenvalue weighted by atomic mass is 10.1. The number of hydrogen-bond donors (Lipinski definition) is 3. The summed E-state index contributed by atoms with van der Waals surface area (Å²) >= 11 is 0. The molecule has 1 heterocycles. The first-order valence-electron chi connectivity index (χ1n) is 5.57. The Labute approximate surface area is 100.0 Å². The summed E-state index contributed by atoms with van der Waals surface area (Å²) in [4.78, 5) is 0. The average Bonchev–Trinajstić information content (AvgIpc) is 2.69. The Bertz CT molecular complexity index is 383. The van der Waals surface area contributed by atoms with Gasteiger partial charge in [-0.1, -0.05) is 0 Å². The molecule has 0 spiro atoms. The molecule has 0 saturated heterocycles. The van der Waals surface area contributed by atoms with Gasteiger partial charge in [0.25, 0.3) is 0 Å². The van der Waals surface area contributed by atoms with Gasteiger partial charge in [-0.2, -0.15) is 0 Å². The van der Waals surface area contributed by atoms with E-state index in [-0.39, 0.29) is 11.8 Å². The molecule has 1 aliphatic rings. The third kappa shape index (κ3) is 2.88. The highest BCUT2D eigenvalue weighted by Gasteiger charge is 2.24. The minimum atomic E-state index is -0.527. The van der Waals surface area contributed by atoms with E-state index in [9.17, 15) is 10.2 Å². The molecular weight excluding hydrogens is 222 g/mol. The predicted octanol–water partition coefficient (Wildman–Crippen LogP) is 0.423. The number of phenols is 1. The Hall–Kier alpha value is -1.30. The van der Waals surface area contributed by atoms with Crippen LogP contribution in [0.25, 0.3) is 0 Å². The molecule has 1 aliphatic heterocycles. The first-order valence-corrected chi connectivity index (χ1v) is 5.57. The monoisotopic (exact) mass is 239 g/mol. The zero-order chi connectivity index (χ0) is 12.3. The molecule has 2 unspecified atom stereocenters. The molecular formula is C12H17NO4. The van der Waals surface area contributed by atoms with Gasteiger partial charge >= 0.3 is 0 Å². The van der Waals surface area contributed by atoms with Gasteiger partial charge in [0.15, 0.2) is 0 Å². The van der Waals surface area contributed by atoms with Crippen molar-refractivity contribution in [2.45, 2.75) is 12.1 Å². The number of phenolic OH excluding ortho intramolecular Hbond substituents is 1. The van der Waals surface area contributed by atoms with Gasteiger partial charge in [-0.3, -0.25) is 0 Å². The molecule has 94 valence electrons. The van der Waals surface area contributed by atoms with Gasteiger partial charge in [-0.05, 0) is 12.1 Å².